The molecule has 1 aromatic carbocycles. The van der Waals surface area contributed by atoms with Gasteiger partial charge in [0.2, 0.25) is 0 Å². The topological polar surface area (TPSA) is 35.2 Å². The largest absolute Gasteiger partial charge is 0.487 e. The van der Waals surface area contributed by atoms with Crippen LogP contribution in [0.2, 0.25) is 0 Å². The van der Waals surface area contributed by atoms with Crippen molar-refractivity contribution in [3.63, 3.8) is 0 Å². The average molecular weight is 245 g/mol. The predicted octanol–water partition coefficient (Wildman–Crippen LogP) is 3.52. The van der Waals surface area contributed by atoms with E-state index in [1.54, 1.807) is 0 Å². The van der Waals surface area contributed by atoms with Gasteiger partial charge in [0, 0.05) is 17.5 Å². The second-order valence-corrected chi connectivity index (χ2v) is 6.27. The van der Waals surface area contributed by atoms with Crippen molar-refractivity contribution in [2.45, 2.75) is 63.5 Å². The fourth-order valence-corrected chi connectivity index (χ4v) is 3.66. The lowest BCUT2D eigenvalue weighted by Crippen LogP contribution is -2.49. The quantitative estimate of drug-likeness (QED) is 0.821. The molecule has 2 heteroatoms. The molecule has 0 bridgehead atoms. The number of nitrogens with two attached hydrogens (primary N) is 1. The van der Waals surface area contributed by atoms with E-state index >= 15 is 0 Å². The lowest BCUT2D eigenvalue weighted by molar-refractivity contribution is 0.0224. The van der Waals surface area contributed by atoms with Crippen LogP contribution in [0.3, 0.4) is 0 Å². The Hall–Kier alpha value is -1.02. The molecule has 1 fully saturated rings. The van der Waals surface area contributed by atoms with Gasteiger partial charge in [-0.05, 0) is 50.7 Å². The Kier molecular flexibility index (Phi) is 2.67. The SMILES string of the molecule is CCc1ccc2c(c1)C(C)(N)CC1(CCCC1)O2. The van der Waals surface area contributed by atoms with E-state index in [1.807, 2.05) is 0 Å². The number of fused-ring (bicyclic) bond motifs is 1. The summed E-state index contributed by atoms with van der Waals surface area (Å²) < 4.78 is 6.34. The van der Waals surface area contributed by atoms with Gasteiger partial charge in [-0.3, -0.25) is 0 Å². The molecule has 1 saturated carbocycles. The minimum atomic E-state index is -0.247. The summed E-state index contributed by atoms with van der Waals surface area (Å²) in [6.07, 6.45) is 6.88. The molecule has 1 unspecified atom stereocenters. The lowest BCUT2D eigenvalue weighted by Gasteiger charge is -2.44. The van der Waals surface area contributed by atoms with Gasteiger partial charge in [0.1, 0.15) is 11.4 Å². The van der Waals surface area contributed by atoms with E-state index in [2.05, 4.69) is 32.0 Å². The molecule has 2 nitrogen and oxygen atoms in total. The van der Waals surface area contributed by atoms with Crippen LogP contribution < -0.4 is 10.5 Å². The monoisotopic (exact) mass is 245 g/mol. The van der Waals surface area contributed by atoms with Gasteiger partial charge >= 0.3 is 0 Å². The molecule has 3 rings (SSSR count). The Morgan fingerprint density at radius 2 is 2.00 bits per heavy atom. The number of aryl methyl sites for hydroxylation is 1. The molecule has 1 atom stereocenters. The van der Waals surface area contributed by atoms with Crippen LogP contribution in [0.25, 0.3) is 0 Å². The highest BCUT2D eigenvalue weighted by Gasteiger charge is 2.46. The fourth-order valence-electron chi connectivity index (χ4n) is 3.66. The van der Waals surface area contributed by atoms with Crippen LogP contribution in [0.5, 0.6) is 5.75 Å². The summed E-state index contributed by atoms with van der Waals surface area (Å²) in [5, 5.41) is 0. The van der Waals surface area contributed by atoms with E-state index in [0.717, 1.165) is 31.4 Å². The zero-order valence-electron chi connectivity index (χ0n) is 11.5. The normalized spacial score (nSPS) is 29.1. The highest BCUT2D eigenvalue weighted by atomic mass is 16.5. The Balaban J connectivity index is 2.04. The molecule has 2 aliphatic rings. The first-order valence-corrected chi connectivity index (χ1v) is 7.16. The number of benzene rings is 1. The molecule has 0 aromatic heterocycles. The molecule has 98 valence electrons. The van der Waals surface area contributed by atoms with Crippen LogP contribution >= 0.6 is 0 Å². The third-order valence-electron chi connectivity index (χ3n) is 4.60. The Morgan fingerprint density at radius 3 is 2.67 bits per heavy atom. The zero-order chi connectivity index (χ0) is 12.8. The highest BCUT2D eigenvalue weighted by molar-refractivity contribution is 5.44. The Morgan fingerprint density at radius 1 is 1.28 bits per heavy atom. The van der Waals surface area contributed by atoms with Gasteiger partial charge in [-0.25, -0.2) is 0 Å². The molecule has 1 aliphatic heterocycles. The van der Waals surface area contributed by atoms with Gasteiger partial charge < -0.3 is 10.5 Å². The third-order valence-corrected chi connectivity index (χ3v) is 4.60. The number of ether oxygens (including phenoxy) is 1. The Labute approximate surface area is 110 Å². The van der Waals surface area contributed by atoms with Gasteiger partial charge in [0.25, 0.3) is 0 Å². The molecule has 18 heavy (non-hydrogen) atoms. The van der Waals surface area contributed by atoms with Crippen molar-refractivity contribution in [2.75, 3.05) is 0 Å². The average Bonchev–Trinajstić information content (AvgIpc) is 2.75. The predicted molar refractivity (Wildman–Crippen MR) is 73.8 cm³/mol. The summed E-state index contributed by atoms with van der Waals surface area (Å²) in [6.45, 7) is 4.34. The summed E-state index contributed by atoms with van der Waals surface area (Å²) in [7, 11) is 0. The van der Waals surface area contributed by atoms with E-state index in [4.69, 9.17) is 10.5 Å². The molecule has 2 N–H and O–H groups in total. The van der Waals surface area contributed by atoms with Crippen molar-refractivity contribution in [3.8, 4) is 5.75 Å². The summed E-state index contributed by atoms with van der Waals surface area (Å²) in [5.74, 6) is 1.02. The molecular weight excluding hydrogens is 222 g/mol. The maximum Gasteiger partial charge on any atom is 0.125 e. The first-order chi connectivity index (χ1) is 8.55. The van der Waals surface area contributed by atoms with Crippen LogP contribution in [0, 0.1) is 0 Å². The molecule has 0 amide bonds. The van der Waals surface area contributed by atoms with Crippen molar-refractivity contribution in [2.24, 2.45) is 5.73 Å². The van der Waals surface area contributed by atoms with Crippen LogP contribution in [0.15, 0.2) is 18.2 Å². The maximum absolute atomic E-state index is 6.59. The first kappa shape index (κ1) is 12.0. The van der Waals surface area contributed by atoms with Crippen molar-refractivity contribution >= 4 is 0 Å². The summed E-state index contributed by atoms with van der Waals surface area (Å²) in [5.41, 5.74) is 8.90. The van der Waals surface area contributed by atoms with Crippen molar-refractivity contribution in [1.82, 2.24) is 0 Å². The molecule has 1 aliphatic carbocycles. The van der Waals surface area contributed by atoms with Crippen LogP contribution in [-0.2, 0) is 12.0 Å². The van der Waals surface area contributed by atoms with Gasteiger partial charge in [0.05, 0.1) is 0 Å². The molecule has 0 radical (unpaired) electrons. The lowest BCUT2D eigenvalue weighted by atomic mass is 9.77. The number of rotatable bonds is 1. The molecule has 1 aromatic rings. The minimum Gasteiger partial charge on any atom is -0.487 e. The maximum atomic E-state index is 6.59. The molecule has 0 saturated heterocycles. The minimum absolute atomic E-state index is 0.0181. The van der Waals surface area contributed by atoms with Crippen molar-refractivity contribution in [3.05, 3.63) is 29.3 Å². The first-order valence-electron chi connectivity index (χ1n) is 7.16. The van der Waals surface area contributed by atoms with Gasteiger partial charge in [-0.15, -0.1) is 0 Å². The highest BCUT2D eigenvalue weighted by Crippen LogP contribution is 2.48. The third kappa shape index (κ3) is 1.83. The Bertz CT molecular complexity index is 458. The van der Waals surface area contributed by atoms with Gasteiger partial charge in [-0.2, -0.15) is 0 Å². The smallest absolute Gasteiger partial charge is 0.125 e. The van der Waals surface area contributed by atoms with Crippen molar-refractivity contribution in [1.29, 1.82) is 0 Å². The van der Waals surface area contributed by atoms with E-state index < -0.39 is 0 Å². The molecule has 1 heterocycles. The standard InChI is InChI=1S/C16H23NO/c1-3-12-6-7-14-13(10-12)15(2,17)11-16(18-14)8-4-5-9-16/h6-7,10H,3-5,8-9,11,17H2,1-2H3. The zero-order valence-corrected chi connectivity index (χ0v) is 11.5. The van der Waals surface area contributed by atoms with E-state index in [9.17, 15) is 0 Å². The van der Waals surface area contributed by atoms with Gasteiger partial charge in [0.15, 0.2) is 0 Å². The summed E-state index contributed by atoms with van der Waals surface area (Å²) in [4.78, 5) is 0. The van der Waals surface area contributed by atoms with Crippen LogP contribution in [0.1, 0.15) is 57.1 Å². The summed E-state index contributed by atoms with van der Waals surface area (Å²) >= 11 is 0. The summed E-state index contributed by atoms with van der Waals surface area (Å²) in [6, 6.07) is 6.53. The van der Waals surface area contributed by atoms with Crippen LogP contribution in [0.4, 0.5) is 0 Å². The van der Waals surface area contributed by atoms with Crippen molar-refractivity contribution < 1.29 is 4.74 Å². The second kappa shape index (κ2) is 3.99. The number of hydrogen-bond donors (Lipinski definition) is 1. The molecule has 1 spiro atoms. The van der Waals surface area contributed by atoms with E-state index in [1.165, 1.54) is 24.0 Å². The van der Waals surface area contributed by atoms with Crippen LogP contribution in [-0.4, -0.2) is 5.60 Å². The van der Waals surface area contributed by atoms with Gasteiger partial charge in [-0.1, -0.05) is 19.1 Å². The molecular formula is C16H23NO. The van der Waals surface area contributed by atoms with E-state index in [-0.39, 0.29) is 11.1 Å². The fraction of sp³-hybridized carbons (Fsp3) is 0.625. The second-order valence-electron chi connectivity index (χ2n) is 6.27. The number of hydrogen-bond acceptors (Lipinski definition) is 2. The van der Waals surface area contributed by atoms with E-state index in [0.29, 0.717) is 0 Å².